The van der Waals surface area contributed by atoms with Gasteiger partial charge < -0.3 is 18.8 Å². The van der Waals surface area contributed by atoms with E-state index in [4.69, 9.17) is 8.83 Å². The molecule has 4 nitrogen and oxygen atoms in total. The van der Waals surface area contributed by atoms with Crippen LogP contribution in [-0.4, -0.2) is 9.97 Å². The normalized spacial score (nSPS) is 9.68. The van der Waals surface area contributed by atoms with E-state index in [-0.39, 0.29) is 18.6 Å². The van der Waals surface area contributed by atoms with Crippen LogP contribution in [0.15, 0.2) is 57.4 Å². The van der Waals surface area contributed by atoms with Gasteiger partial charge in [0.1, 0.15) is 12.8 Å². The first-order valence-corrected chi connectivity index (χ1v) is 5.37. The fourth-order valence-corrected chi connectivity index (χ4v) is 1.51. The third-order valence-electron chi connectivity index (χ3n) is 2.37. The molecule has 0 saturated heterocycles. The molecular weight excluding hydrogens is 279 g/mol. The van der Waals surface area contributed by atoms with Crippen LogP contribution in [0.25, 0.3) is 22.2 Å². The third-order valence-corrected chi connectivity index (χ3v) is 2.37. The maximum atomic E-state index is 4.88. The Labute approximate surface area is 121 Å². The van der Waals surface area contributed by atoms with Crippen molar-refractivity contribution >= 4 is 22.2 Å². The predicted octanol–water partition coefficient (Wildman–Crippen LogP) is 3.25. The van der Waals surface area contributed by atoms with Gasteiger partial charge in [-0.25, -0.2) is 0 Å². The molecule has 0 unspecified atom stereocenters. The standard InChI is InChI=1S/2C7H4NO.V/c2*1-2-4-7-6(3-1)8-5-9-7;/h2*1-4H;/q2*-1;+2. The molecule has 2 heterocycles. The second-order valence-electron chi connectivity index (χ2n) is 3.55. The van der Waals surface area contributed by atoms with E-state index in [1.165, 1.54) is 0 Å². The maximum absolute atomic E-state index is 4.88. The molecule has 0 fully saturated rings. The van der Waals surface area contributed by atoms with Crippen molar-refractivity contribution in [2.45, 2.75) is 0 Å². The zero-order valence-electron chi connectivity index (χ0n) is 9.78. The molecule has 4 aromatic rings. The van der Waals surface area contributed by atoms with Gasteiger partial charge >= 0.3 is 18.6 Å². The van der Waals surface area contributed by atoms with Crippen LogP contribution in [0.3, 0.4) is 0 Å². The predicted molar refractivity (Wildman–Crippen MR) is 65.7 cm³/mol. The van der Waals surface area contributed by atoms with E-state index in [2.05, 4.69) is 22.8 Å². The summed E-state index contributed by atoms with van der Waals surface area (Å²) >= 11 is 0. The molecule has 5 heteroatoms. The molecule has 2 aromatic carbocycles. The number of nitrogens with zero attached hydrogens (tertiary/aromatic N) is 2. The fraction of sp³-hybridized carbons (Fsp3) is 0. The number of aromatic nitrogens is 2. The van der Waals surface area contributed by atoms with Crippen molar-refractivity contribution in [2.75, 3.05) is 0 Å². The van der Waals surface area contributed by atoms with Gasteiger partial charge in [-0.3, -0.25) is 0 Å². The molecule has 0 atom stereocenters. The first kappa shape index (κ1) is 13.4. The summed E-state index contributed by atoms with van der Waals surface area (Å²) in [6.45, 7) is 0. The molecular formula is C14H8N2O2V. The van der Waals surface area contributed by atoms with Crippen LogP contribution in [0.2, 0.25) is 0 Å². The fourth-order valence-electron chi connectivity index (χ4n) is 1.51. The average molecular weight is 287 g/mol. The molecule has 0 N–H and O–H groups in total. The minimum Gasteiger partial charge on any atom is -0.573 e. The number of hydrogen-bond donors (Lipinski definition) is 0. The first-order chi connectivity index (χ1) is 8.93. The van der Waals surface area contributed by atoms with Crippen LogP contribution in [0.1, 0.15) is 0 Å². The summed E-state index contributed by atoms with van der Waals surface area (Å²) in [6, 6.07) is 15.1. The van der Waals surface area contributed by atoms with E-state index >= 15 is 0 Å². The number of rotatable bonds is 0. The zero-order chi connectivity index (χ0) is 12.2. The van der Waals surface area contributed by atoms with Gasteiger partial charge in [0.05, 0.1) is 0 Å². The summed E-state index contributed by atoms with van der Waals surface area (Å²) in [4.78, 5) is 7.65. The topological polar surface area (TPSA) is 52.1 Å². The first-order valence-electron chi connectivity index (χ1n) is 5.37. The molecule has 0 spiro atoms. The van der Waals surface area contributed by atoms with Gasteiger partial charge in [-0.2, -0.15) is 0 Å². The molecule has 91 valence electrons. The van der Waals surface area contributed by atoms with Gasteiger partial charge in [0.15, 0.2) is 0 Å². The average Bonchev–Trinajstić information content (AvgIpc) is 3.08. The molecule has 4 rings (SSSR count). The van der Waals surface area contributed by atoms with Crippen molar-refractivity contribution in [3.63, 3.8) is 0 Å². The van der Waals surface area contributed by atoms with Crippen molar-refractivity contribution in [2.24, 2.45) is 0 Å². The van der Waals surface area contributed by atoms with Gasteiger partial charge in [-0.05, 0) is 22.2 Å². The monoisotopic (exact) mass is 287 g/mol. The van der Waals surface area contributed by atoms with Gasteiger partial charge in [0, 0.05) is 0 Å². The van der Waals surface area contributed by atoms with Gasteiger partial charge in [0.2, 0.25) is 0 Å². The molecule has 0 bridgehead atoms. The summed E-state index contributed by atoms with van der Waals surface area (Å²) < 4.78 is 9.76. The summed E-state index contributed by atoms with van der Waals surface area (Å²) in [5.41, 5.74) is 3.30. The second kappa shape index (κ2) is 6.22. The number of benzene rings is 2. The van der Waals surface area contributed by atoms with Crippen molar-refractivity contribution in [1.29, 1.82) is 0 Å². The second-order valence-corrected chi connectivity index (χ2v) is 3.55. The van der Waals surface area contributed by atoms with E-state index in [0.717, 1.165) is 22.2 Å². The summed E-state index contributed by atoms with van der Waals surface area (Å²) in [5, 5.41) is 0. The molecule has 2 aromatic heterocycles. The van der Waals surface area contributed by atoms with Gasteiger partial charge in [0.25, 0.3) is 0 Å². The molecule has 0 amide bonds. The smallest absolute Gasteiger partial charge is 0.573 e. The maximum Gasteiger partial charge on any atom is 2.00 e. The van der Waals surface area contributed by atoms with Crippen molar-refractivity contribution in [1.82, 2.24) is 9.97 Å². The Bertz CT molecular complexity index is 637. The van der Waals surface area contributed by atoms with E-state index in [0.29, 0.717) is 0 Å². The molecule has 0 aliphatic rings. The van der Waals surface area contributed by atoms with E-state index in [9.17, 15) is 0 Å². The number of oxazole rings is 2. The Morgan fingerprint density at radius 2 is 1.11 bits per heavy atom. The Hall–Kier alpha value is -2.04. The van der Waals surface area contributed by atoms with E-state index < -0.39 is 0 Å². The number of hydrogen-bond acceptors (Lipinski definition) is 4. The quantitative estimate of drug-likeness (QED) is 0.466. The van der Waals surface area contributed by atoms with Gasteiger partial charge in [-0.15, -0.1) is 12.1 Å². The Balaban J connectivity index is 0.000000133. The minimum absolute atomic E-state index is 0. The molecule has 1 radical (unpaired) electrons. The van der Waals surface area contributed by atoms with Crippen molar-refractivity contribution in [3.8, 4) is 0 Å². The van der Waals surface area contributed by atoms with Crippen LogP contribution in [0, 0.1) is 12.8 Å². The van der Waals surface area contributed by atoms with Crippen LogP contribution < -0.4 is 0 Å². The summed E-state index contributed by atoms with van der Waals surface area (Å²) in [7, 11) is 0. The van der Waals surface area contributed by atoms with Crippen LogP contribution in [0.5, 0.6) is 0 Å². The van der Waals surface area contributed by atoms with E-state index in [1.807, 2.05) is 48.5 Å². The zero-order valence-corrected chi connectivity index (χ0v) is 11.2. The molecule has 0 saturated carbocycles. The number of para-hydroxylation sites is 4. The van der Waals surface area contributed by atoms with Crippen molar-refractivity contribution < 1.29 is 27.4 Å². The Kier molecular flexibility index (Phi) is 4.39. The van der Waals surface area contributed by atoms with Crippen LogP contribution in [0.4, 0.5) is 0 Å². The molecule has 0 aliphatic heterocycles. The minimum atomic E-state index is 0. The number of fused-ring (bicyclic) bond motifs is 2. The molecule has 0 aliphatic carbocycles. The molecule has 19 heavy (non-hydrogen) atoms. The van der Waals surface area contributed by atoms with Gasteiger partial charge in [-0.1, -0.05) is 36.4 Å². The SMILES string of the molecule is [V+2].[c-]1nc2ccccc2o1.[c-]1nc2ccccc2o1. The Morgan fingerprint density at radius 3 is 1.53 bits per heavy atom. The largest absolute Gasteiger partial charge is 2.00 e. The summed E-state index contributed by atoms with van der Waals surface area (Å²) in [5.74, 6) is 0. The Morgan fingerprint density at radius 1 is 0.684 bits per heavy atom. The van der Waals surface area contributed by atoms with Crippen LogP contribution in [-0.2, 0) is 18.6 Å². The third kappa shape index (κ3) is 3.05. The van der Waals surface area contributed by atoms with Crippen molar-refractivity contribution in [3.05, 3.63) is 61.3 Å². The van der Waals surface area contributed by atoms with E-state index in [1.54, 1.807) is 0 Å². The van der Waals surface area contributed by atoms with Crippen LogP contribution >= 0.6 is 0 Å². The summed E-state index contributed by atoms with van der Waals surface area (Å²) in [6.07, 6.45) is 4.83.